The summed E-state index contributed by atoms with van der Waals surface area (Å²) in [5, 5.41) is 0.312. The maximum atomic E-state index is 6.10. The second kappa shape index (κ2) is 3.26. The highest BCUT2D eigenvalue weighted by atomic mass is 35.5. The molecule has 13 heavy (non-hydrogen) atoms. The molecule has 1 aliphatic carbocycles. The summed E-state index contributed by atoms with van der Waals surface area (Å²) < 4.78 is 0. The van der Waals surface area contributed by atoms with E-state index in [0.717, 1.165) is 25.0 Å². The van der Waals surface area contributed by atoms with Gasteiger partial charge in [-0.3, -0.25) is 9.97 Å². The summed E-state index contributed by atoms with van der Waals surface area (Å²) >= 11 is 6.10. The Kier molecular flexibility index (Phi) is 2.24. The lowest BCUT2D eigenvalue weighted by Gasteiger charge is -2.21. The van der Waals surface area contributed by atoms with Gasteiger partial charge < -0.3 is 0 Å². The number of rotatable bonds is 1. The molecule has 0 spiro atoms. The Morgan fingerprint density at radius 2 is 2.38 bits per heavy atom. The average molecular weight is 197 g/mol. The SMILES string of the molecule is CC1(c2cnccn2)CCC(Cl)C1. The lowest BCUT2D eigenvalue weighted by atomic mass is 9.85. The quantitative estimate of drug-likeness (QED) is 0.646. The third-order valence-corrected chi connectivity index (χ3v) is 3.24. The van der Waals surface area contributed by atoms with Crippen molar-refractivity contribution in [1.29, 1.82) is 0 Å². The molecule has 1 fully saturated rings. The van der Waals surface area contributed by atoms with Gasteiger partial charge in [-0.25, -0.2) is 0 Å². The minimum atomic E-state index is 0.153. The van der Waals surface area contributed by atoms with Gasteiger partial charge in [0.1, 0.15) is 0 Å². The molecular formula is C10H13ClN2. The van der Waals surface area contributed by atoms with Gasteiger partial charge in [-0.2, -0.15) is 0 Å². The van der Waals surface area contributed by atoms with Crippen LogP contribution in [0.2, 0.25) is 0 Å². The van der Waals surface area contributed by atoms with E-state index in [4.69, 9.17) is 11.6 Å². The predicted octanol–water partition coefficient (Wildman–Crippen LogP) is 2.53. The molecule has 1 saturated carbocycles. The molecule has 0 aliphatic heterocycles. The Labute approximate surface area is 83.4 Å². The molecule has 0 aromatic carbocycles. The van der Waals surface area contributed by atoms with Crippen LogP contribution >= 0.6 is 11.6 Å². The van der Waals surface area contributed by atoms with Crippen molar-refractivity contribution >= 4 is 11.6 Å². The van der Waals surface area contributed by atoms with Crippen molar-refractivity contribution < 1.29 is 0 Å². The molecule has 2 unspecified atom stereocenters. The predicted molar refractivity (Wildman–Crippen MR) is 52.9 cm³/mol. The van der Waals surface area contributed by atoms with Gasteiger partial charge >= 0.3 is 0 Å². The number of hydrogen-bond donors (Lipinski definition) is 0. The molecule has 1 aromatic heterocycles. The van der Waals surface area contributed by atoms with E-state index in [-0.39, 0.29) is 5.41 Å². The third kappa shape index (κ3) is 1.68. The summed E-state index contributed by atoms with van der Waals surface area (Å²) in [5.41, 5.74) is 1.24. The summed E-state index contributed by atoms with van der Waals surface area (Å²) in [5.74, 6) is 0. The van der Waals surface area contributed by atoms with Crippen LogP contribution in [0, 0.1) is 0 Å². The third-order valence-electron chi connectivity index (χ3n) is 2.86. The number of halogens is 1. The molecule has 2 nitrogen and oxygen atoms in total. The lowest BCUT2D eigenvalue weighted by molar-refractivity contribution is 0.474. The molecule has 1 heterocycles. The van der Waals surface area contributed by atoms with Crippen LogP contribution < -0.4 is 0 Å². The largest absolute Gasteiger partial charge is 0.261 e. The normalized spacial score (nSPS) is 33.5. The molecule has 0 radical (unpaired) electrons. The van der Waals surface area contributed by atoms with Crippen LogP contribution in [0.15, 0.2) is 18.6 Å². The second-order valence-corrected chi connectivity index (χ2v) is 4.61. The average Bonchev–Trinajstić information content (AvgIpc) is 2.49. The number of nitrogens with zero attached hydrogens (tertiary/aromatic N) is 2. The fourth-order valence-electron chi connectivity index (χ4n) is 2.01. The molecule has 1 aliphatic rings. The Morgan fingerprint density at radius 3 is 2.92 bits per heavy atom. The summed E-state index contributed by atoms with van der Waals surface area (Å²) in [4.78, 5) is 8.44. The monoisotopic (exact) mass is 196 g/mol. The number of alkyl halides is 1. The Balaban J connectivity index is 2.26. The lowest BCUT2D eigenvalue weighted by Crippen LogP contribution is -2.19. The summed E-state index contributed by atoms with van der Waals surface area (Å²) in [6.45, 7) is 2.22. The highest BCUT2D eigenvalue weighted by Gasteiger charge is 2.36. The van der Waals surface area contributed by atoms with Gasteiger partial charge in [-0.15, -0.1) is 11.6 Å². The second-order valence-electron chi connectivity index (χ2n) is 3.99. The van der Waals surface area contributed by atoms with E-state index in [9.17, 15) is 0 Å². The maximum absolute atomic E-state index is 6.10. The molecule has 3 heteroatoms. The van der Waals surface area contributed by atoms with Crippen LogP contribution in [-0.4, -0.2) is 15.3 Å². The molecule has 0 N–H and O–H groups in total. The van der Waals surface area contributed by atoms with Crippen LogP contribution in [0.1, 0.15) is 31.9 Å². The maximum Gasteiger partial charge on any atom is 0.0646 e. The van der Waals surface area contributed by atoms with Crippen molar-refractivity contribution in [2.45, 2.75) is 37.0 Å². The minimum Gasteiger partial charge on any atom is -0.261 e. The van der Waals surface area contributed by atoms with E-state index in [0.29, 0.717) is 5.38 Å². The van der Waals surface area contributed by atoms with Gasteiger partial charge in [0, 0.05) is 29.4 Å². The van der Waals surface area contributed by atoms with Crippen molar-refractivity contribution in [3.8, 4) is 0 Å². The molecule has 0 amide bonds. The molecular weight excluding hydrogens is 184 g/mol. The van der Waals surface area contributed by atoms with E-state index < -0.39 is 0 Å². The van der Waals surface area contributed by atoms with Gasteiger partial charge in [-0.1, -0.05) is 6.92 Å². The first-order chi connectivity index (χ1) is 6.21. The van der Waals surface area contributed by atoms with Crippen LogP contribution in [-0.2, 0) is 5.41 Å². The first kappa shape index (κ1) is 8.95. The van der Waals surface area contributed by atoms with E-state index >= 15 is 0 Å². The smallest absolute Gasteiger partial charge is 0.0646 e. The molecule has 0 bridgehead atoms. The fraction of sp³-hybridized carbons (Fsp3) is 0.600. The van der Waals surface area contributed by atoms with Gasteiger partial charge in [-0.05, 0) is 19.3 Å². The zero-order chi connectivity index (χ0) is 9.31. The van der Waals surface area contributed by atoms with Gasteiger partial charge in [0.05, 0.1) is 5.69 Å². The van der Waals surface area contributed by atoms with E-state index in [1.165, 1.54) is 0 Å². The van der Waals surface area contributed by atoms with Crippen LogP contribution in [0.3, 0.4) is 0 Å². The van der Waals surface area contributed by atoms with Crippen molar-refractivity contribution in [2.75, 3.05) is 0 Å². The first-order valence-electron chi connectivity index (χ1n) is 4.61. The first-order valence-corrected chi connectivity index (χ1v) is 5.05. The minimum absolute atomic E-state index is 0.153. The Hall–Kier alpha value is -0.630. The van der Waals surface area contributed by atoms with E-state index in [1.54, 1.807) is 12.4 Å². The van der Waals surface area contributed by atoms with Crippen molar-refractivity contribution in [1.82, 2.24) is 9.97 Å². The molecule has 70 valence electrons. The highest BCUT2D eigenvalue weighted by Crippen LogP contribution is 2.41. The Morgan fingerprint density at radius 1 is 1.54 bits per heavy atom. The van der Waals surface area contributed by atoms with Crippen molar-refractivity contribution in [3.05, 3.63) is 24.3 Å². The zero-order valence-corrected chi connectivity index (χ0v) is 8.46. The summed E-state index contributed by atoms with van der Waals surface area (Å²) in [6.07, 6.45) is 8.55. The summed E-state index contributed by atoms with van der Waals surface area (Å²) in [6, 6.07) is 0. The standard InChI is InChI=1S/C10H13ClN2/c1-10(3-2-8(11)6-10)9-7-12-4-5-13-9/h4-5,7-8H,2-3,6H2,1H3. The highest BCUT2D eigenvalue weighted by molar-refractivity contribution is 6.20. The van der Waals surface area contributed by atoms with Gasteiger partial charge in [0.25, 0.3) is 0 Å². The van der Waals surface area contributed by atoms with E-state index in [2.05, 4.69) is 16.9 Å². The molecule has 1 aromatic rings. The molecule has 2 rings (SSSR count). The van der Waals surface area contributed by atoms with Gasteiger partial charge in [0.2, 0.25) is 0 Å². The van der Waals surface area contributed by atoms with Crippen LogP contribution in [0.5, 0.6) is 0 Å². The van der Waals surface area contributed by atoms with Crippen molar-refractivity contribution in [2.24, 2.45) is 0 Å². The fourth-order valence-corrected chi connectivity index (χ4v) is 2.46. The van der Waals surface area contributed by atoms with E-state index in [1.807, 2.05) is 6.20 Å². The Bertz CT molecular complexity index is 288. The number of hydrogen-bond acceptors (Lipinski definition) is 2. The molecule has 0 saturated heterocycles. The van der Waals surface area contributed by atoms with Crippen LogP contribution in [0.25, 0.3) is 0 Å². The van der Waals surface area contributed by atoms with Crippen LogP contribution in [0.4, 0.5) is 0 Å². The summed E-state index contributed by atoms with van der Waals surface area (Å²) in [7, 11) is 0. The van der Waals surface area contributed by atoms with Gasteiger partial charge in [0.15, 0.2) is 0 Å². The zero-order valence-electron chi connectivity index (χ0n) is 7.70. The molecule has 2 atom stereocenters. The van der Waals surface area contributed by atoms with Crippen molar-refractivity contribution in [3.63, 3.8) is 0 Å². The number of aromatic nitrogens is 2. The topological polar surface area (TPSA) is 25.8 Å².